The number of nitrogens with zero attached hydrogens (tertiary/aromatic N) is 1. The summed E-state index contributed by atoms with van der Waals surface area (Å²) in [5, 5.41) is 12.4. The minimum atomic E-state index is -0.890. The van der Waals surface area contributed by atoms with Crippen molar-refractivity contribution in [2.75, 3.05) is 18.4 Å². The van der Waals surface area contributed by atoms with E-state index in [2.05, 4.69) is 41.4 Å². The van der Waals surface area contributed by atoms with E-state index in [-0.39, 0.29) is 0 Å². The molecule has 1 aliphatic rings. The van der Waals surface area contributed by atoms with Crippen LogP contribution in [0.4, 0.5) is 5.69 Å². The molecule has 2 aromatic carbocycles. The molecule has 4 nitrogen and oxygen atoms in total. The zero-order chi connectivity index (χ0) is 17.6. The highest BCUT2D eigenvalue weighted by molar-refractivity contribution is 5.87. The number of carbonyl (C=O) groups is 1. The van der Waals surface area contributed by atoms with Gasteiger partial charge in [-0.2, -0.15) is 0 Å². The second-order valence-corrected chi connectivity index (χ2v) is 7.01. The third kappa shape index (κ3) is 5.07. The van der Waals surface area contributed by atoms with Gasteiger partial charge in [0.2, 0.25) is 0 Å². The van der Waals surface area contributed by atoms with Crippen LogP contribution in [0.1, 0.15) is 41.3 Å². The van der Waals surface area contributed by atoms with Crippen molar-refractivity contribution < 1.29 is 9.90 Å². The monoisotopic (exact) mass is 338 g/mol. The number of piperidine rings is 1. The van der Waals surface area contributed by atoms with Gasteiger partial charge in [0.05, 0.1) is 5.56 Å². The number of hydrogen-bond donors (Lipinski definition) is 2. The molecule has 0 amide bonds. The summed E-state index contributed by atoms with van der Waals surface area (Å²) in [4.78, 5) is 13.5. The minimum absolute atomic E-state index is 0.325. The van der Waals surface area contributed by atoms with Crippen molar-refractivity contribution in [1.29, 1.82) is 0 Å². The van der Waals surface area contributed by atoms with Gasteiger partial charge in [-0.1, -0.05) is 31.2 Å². The smallest absolute Gasteiger partial charge is 0.335 e. The lowest BCUT2D eigenvalue weighted by Gasteiger charge is -2.30. The first-order chi connectivity index (χ1) is 12.1. The molecule has 0 saturated carbocycles. The fourth-order valence-corrected chi connectivity index (χ4v) is 3.22. The van der Waals surface area contributed by atoms with Gasteiger partial charge < -0.3 is 10.4 Å². The van der Waals surface area contributed by atoms with E-state index in [4.69, 9.17) is 5.11 Å². The predicted octanol–water partition coefficient (Wildman–Crippen LogP) is 4.23. The topological polar surface area (TPSA) is 52.6 Å². The lowest BCUT2D eigenvalue weighted by Crippen LogP contribution is -2.32. The maximum Gasteiger partial charge on any atom is 0.335 e. The largest absolute Gasteiger partial charge is 0.478 e. The Morgan fingerprint density at radius 1 is 1.12 bits per heavy atom. The van der Waals surface area contributed by atoms with E-state index >= 15 is 0 Å². The molecule has 3 rings (SSSR count). The van der Waals surface area contributed by atoms with E-state index in [1.807, 2.05) is 6.07 Å². The molecule has 0 atom stereocenters. The van der Waals surface area contributed by atoms with Crippen molar-refractivity contribution in [3.8, 4) is 0 Å². The Labute approximate surface area is 149 Å². The average Bonchev–Trinajstić information content (AvgIpc) is 2.63. The maximum absolute atomic E-state index is 11.0. The fourth-order valence-electron chi connectivity index (χ4n) is 3.22. The van der Waals surface area contributed by atoms with Crippen LogP contribution in [0.25, 0.3) is 0 Å². The zero-order valence-corrected chi connectivity index (χ0v) is 14.7. The summed E-state index contributed by atoms with van der Waals surface area (Å²) in [6.07, 6.45) is 2.60. The summed E-state index contributed by atoms with van der Waals surface area (Å²) in [6, 6.07) is 15.6. The molecule has 1 aliphatic heterocycles. The van der Waals surface area contributed by atoms with Crippen LogP contribution in [0.5, 0.6) is 0 Å². The van der Waals surface area contributed by atoms with Crippen LogP contribution >= 0.6 is 0 Å². The second kappa shape index (κ2) is 8.17. The van der Waals surface area contributed by atoms with Crippen LogP contribution in [0, 0.1) is 5.92 Å². The number of aromatic carboxylic acids is 1. The van der Waals surface area contributed by atoms with Gasteiger partial charge in [-0.3, -0.25) is 4.90 Å². The maximum atomic E-state index is 11.0. The molecule has 1 saturated heterocycles. The predicted molar refractivity (Wildman–Crippen MR) is 101 cm³/mol. The highest BCUT2D eigenvalue weighted by Gasteiger charge is 2.15. The average molecular weight is 338 g/mol. The highest BCUT2D eigenvalue weighted by atomic mass is 16.4. The number of carboxylic acid groups (broad SMARTS) is 1. The first kappa shape index (κ1) is 17.5. The lowest BCUT2D eigenvalue weighted by atomic mass is 9.99. The standard InChI is InChI=1S/C21H26N2O2/c1-16-9-11-23(12-10-16)15-17-5-7-20(8-6-17)22-14-18-3-2-4-19(13-18)21(24)25/h2-8,13,16,22H,9-12,14-15H2,1H3,(H,24,25). The van der Waals surface area contributed by atoms with Crippen LogP contribution in [0.3, 0.4) is 0 Å². The van der Waals surface area contributed by atoms with Crippen LogP contribution < -0.4 is 5.32 Å². The normalized spacial score (nSPS) is 15.9. The molecule has 132 valence electrons. The van der Waals surface area contributed by atoms with Crippen LogP contribution in [-0.2, 0) is 13.1 Å². The summed E-state index contributed by atoms with van der Waals surface area (Å²) in [7, 11) is 0. The zero-order valence-electron chi connectivity index (χ0n) is 14.7. The van der Waals surface area contributed by atoms with E-state index < -0.39 is 5.97 Å². The van der Waals surface area contributed by atoms with Gasteiger partial charge in [0.1, 0.15) is 0 Å². The first-order valence-corrected chi connectivity index (χ1v) is 8.97. The summed E-state index contributed by atoms with van der Waals surface area (Å²) in [5.41, 5.74) is 3.68. The van der Waals surface area contributed by atoms with Gasteiger partial charge in [0.25, 0.3) is 0 Å². The molecule has 0 aliphatic carbocycles. The Balaban J connectivity index is 1.52. The molecule has 1 fully saturated rings. The quantitative estimate of drug-likeness (QED) is 0.828. The van der Waals surface area contributed by atoms with Gasteiger partial charge in [-0.15, -0.1) is 0 Å². The number of rotatable bonds is 6. The van der Waals surface area contributed by atoms with Gasteiger partial charge in [0, 0.05) is 18.8 Å². The SMILES string of the molecule is CC1CCN(Cc2ccc(NCc3cccc(C(=O)O)c3)cc2)CC1. The Hall–Kier alpha value is -2.33. The fraction of sp³-hybridized carbons (Fsp3) is 0.381. The molecule has 0 radical (unpaired) electrons. The molecule has 0 bridgehead atoms. The number of benzene rings is 2. The highest BCUT2D eigenvalue weighted by Crippen LogP contribution is 2.19. The van der Waals surface area contributed by atoms with Gasteiger partial charge in [0.15, 0.2) is 0 Å². The van der Waals surface area contributed by atoms with E-state index in [1.165, 1.54) is 31.5 Å². The molecular weight excluding hydrogens is 312 g/mol. The van der Waals surface area contributed by atoms with E-state index in [1.54, 1.807) is 18.2 Å². The van der Waals surface area contributed by atoms with E-state index in [0.29, 0.717) is 12.1 Å². The molecule has 2 N–H and O–H groups in total. The summed E-state index contributed by atoms with van der Waals surface area (Å²) in [5.74, 6) is -0.0271. The molecule has 0 unspecified atom stereocenters. The minimum Gasteiger partial charge on any atom is -0.478 e. The summed E-state index contributed by atoms with van der Waals surface area (Å²) in [6.45, 7) is 6.37. The summed E-state index contributed by atoms with van der Waals surface area (Å²) >= 11 is 0. The lowest BCUT2D eigenvalue weighted by molar-refractivity contribution is 0.0697. The van der Waals surface area contributed by atoms with Gasteiger partial charge >= 0.3 is 5.97 Å². The van der Waals surface area contributed by atoms with Gasteiger partial charge in [-0.05, 0) is 67.2 Å². The van der Waals surface area contributed by atoms with Crippen molar-refractivity contribution in [3.05, 3.63) is 65.2 Å². The van der Waals surface area contributed by atoms with Crippen LogP contribution in [-0.4, -0.2) is 29.1 Å². The number of carboxylic acids is 1. The van der Waals surface area contributed by atoms with E-state index in [0.717, 1.165) is 23.7 Å². The van der Waals surface area contributed by atoms with Crippen molar-refractivity contribution >= 4 is 11.7 Å². The van der Waals surface area contributed by atoms with Crippen LogP contribution in [0.2, 0.25) is 0 Å². The third-order valence-corrected chi connectivity index (χ3v) is 4.91. The number of hydrogen-bond acceptors (Lipinski definition) is 3. The molecular formula is C21H26N2O2. The molecule has 2 aromatic rings. The number of anilines is 1. The van der Waals surface area contributed by atoms with Crippen molar-refractivity contribution in [3.63, 3.8) is 0 Å². The third-order valence-electron chi connectivity index (χ3n) is 4.91. The second-order valence-electron chi connectivity index (χ2n) is 7.01. The Morgan fingerprint density at radius 3 is 2.52 bits per heavy atom. The number of likely N-dealkylation sites (tertiary alicyclic amines) is 1. The Morgan fingerprint density at radius 2 is 1.84 bits per heavy atom. The van der Waals surface area contributed by atoms with Crippen molar-refractivity contribution in [2.45, 2.75) is 32.9 Å². The van der Waals surface area contributed by atoms with Crippen molar-refractivity contribution in [1.82, 2.24) is 4.90 Å². The first-order valence-electron chi connectivity index (χ1n) is 8.97. The Kier molecular flexibility index (Phi) is 5.71. The molecule has 0 spiro atoms. The molecule has 0 aromatic heterocycles. The van der Waals surface area contributed by atoms with Crippen molar-refractivity contribution in [2.24, 2.45) is 5.92 Å². The van der Waals surface area contributed by atoms with E-state index in [9.17, 15) is 4.79 Å². The number of nitrogens with one attached hydrogen (secondary N) is 1. The van der Waals surface area contributed by atoms with Crippen LogP contribution in [0.15, 0.2) is 48.5 Å². The van der Waals surface area contributed by atoms with Gasteiger partial charge in [-0.25, -0.2) is 4.79 Å². The molecule has 4 heteroatoms. The summed E-state index contributed by atoms with van der Waals surface area (Å²) < 4.78 is 0. The molecule has 1 heterocycles. The molecule has 25 heavy (non-hydrogen) atoms. The Bertz CT molecular complexity index is 704.